The molecule has 124 valence electrons. The van der Waals surface area contributed by atoms with Gasteiger partial charge in [-0.15, -0.1) is 0 Å². The number of likely N-dealkylation sites (tertiary alicyclic amines) is 1. The van der Waals surface area contributed by atoms with Crippen molar-refractivity contribution in [1.82, 2.24) is 10.2 Å². The van der Waals surface area contributed by atoms with Gasteiger partial charge in [-0.25, -0.2) is 4.79 Å². The summed E-state index contributed by atoms with van der Waals surface area (Å²) in [6, 6.07) is 9.11. The Hall–Kier alpha value is -1.69. The molecule has 2 fully saturated rings. The molecular weight excluding hydrogens is 310 g/mol. The van der Waals surface area contributed by atoms with E-state index in [1.165, 1.54) is 0 Å². The van der Waals surface area contributed by atoms with Crippen molar-refractivity contribution >= 4 is 29.4 Å². The summed E-state index contributed by atoms with van der Waals surface area (Å²) in [6.45, 7) is 0.636. The fraction of sp³-hybridized carbons (Fsp3) is 0.529. The molecule has 23 heavy (non-hydrogen) atoms. The minimum Gasteiger partial charge on any atom is -0.352 e. The van der Waals surface area contributed by atoms with Crippen LogP contribution in [0.25, 0.3) is 0 Å². The summed E-state index contributed by atoms with van der Waals surface area (Å²) in [6.07, 6.45) is 3.68. The SMILES string of the molecule is O=C(NC1CCSCC1)[C@@H]1CCCN1C(=O)Nc1ccccc1. The lowest BCUT2D eigenvalue weighted by Crippen LogP contribution is -2.50. The number of amides is 3. The molecule has 1 aromatic carbocycles. The summed E-state index contributed by atoms with van der Waals surface area (Å²) in [5.74, 6) is 2.21. The van der Waals surface area contributed by atoms with Gasteiger partial charge in [0.15, 0.2) is 0 Å². The normalized spacial score (nSPS) is 21.9. The number of nitrogens with zero attached hydrogens (tertiary/aromatic N) is 1. The second-order valence-corrected chi connectivity index (χ2v) is 7.27. The average molecular weight is 333 g/mol. The Labute approximate surface area is 141 Å². The van der Waals surface area contributed by atoms with Gasteiger partial charge in [-0.3, -0.25) is 4.79 Å². The first-order chi connectivity index (χ1) is 11.2. The third-order valence-electron chi connectivity index (χ3n) is 4.41. The van der Waals surface area contributed by atoms with E-state index in [0.29, 0.717) is 6.54 Å². The number of anilines is 1. The third kappa shape index (κ3) is 4.19. The van der Waals surface area contributed by atoms with Gasteiger partial charge in [0.25, 0.3) is 0 Å². The number of hydrogen-bond acceptors (Lipinski definition) is 3. The summed E-state index contributed by atoms with van der Waals surface area (Å²) in [5, 5.41) is 6.01. The number of rotatable bonds is 3. The summed E-state index contributed by atoms with van der Waals surface area (Å²) in [7, 11) is 0. The standard InChI is InChI=1S/C17H23N3O2S/c21-16(18-14-8-11-23-12-9-14)15-7-4-10-20(15)17(22)19-13-5-2-1-3-6-13/h1-3,5-6,14-15H,4,7-12H2,(H,18,21)(H,19,22)/t15-/m0/s1. The topological polar surface area (TPSA) is 61.4 Å². The van der Waals surface area contributed by atoms with Crippen molar-refractivity contribution in [3.05, 3.63) is 30.3 Å². The van der Waals surface area contributed by atoms with Crippen LogP contribution in [0.3, 0.4) is 0 Å². The molecule has 0 aliphatic carbocycles. The van der Waals surface area contributed by atoms with Crippen molar-refractivity contribution in [3.8, 4) is 0 Å². The van der Waals surface area contributed by atoms with E-state index in [1.54, 1.807) is 4.90 Å². The fourth-order valence-corrected chi connectivity index (χ4v) is 4.24. The highest BCUT2D eigenvalue weighted by atomic mass is 32.2. The Morgan fingerprint density at radius 3 is 2.57 bits per heavy atom. The van der Waals surface area contributed by atoms with E-state index in [4.69, 9.17) is 0 Å². The first kappa shape index (κ1) is 16.2. The van der Waals surface area contributed by atoms with E-state index >= 15 is 0 Å². The van der Waals surface area contributed by atoms with Gasteiger partial charge in [0, 0.05) is 18.3 Å². The molecule has 0 saturated carbocycles. The van der Waals surface area contributed by atoms with Crippen LogP contribution < -0.4 is 10.6 Å². The molecule has 3 rings (SSSR count). The monoisotopic (exact) mass is 333 g/mol. The van der Waals surface area contributed by atoms with E-state index in [9.17, 15) is 9.59 Å². The molecular formula is C17H23N3O2S. The minimum atomic E-state index is -0.340. The van der Waals surface area contributed by atoms with Crippen molar-refractivity contribution in [1.29, 1.82) is 0 Å². The van der Waals surface area contributed by atoms with Gasteiger partial charge in [-0.1, -0.05) is 18.2 Å². The zero-order chi connectivity index (χ0) is 16.1. The summed E-state index contributed by atoms with van der Waals surface area (Å²) >= 11 is 1.94. The molecule has 0 unspecified atom stereocenters. The van der Waals surface area contributed by atoms with E-state index in [2.05, 4.69) is 10.6 Å². The zero-order valence-corrected chi connectivity index (χ0v) is 14.0. The lowest BCUT2D eigenvalue weighted by atomic mass is 10.1. The maximum absolute atomic E-state index is 12.5. The molecule has 1 aromatic rings. The molecule has 2 N–H and O–H groups in total. The Kier molecular flexibility index (Phi) is 5.43. The molecule has 1 atom stereocenters. The fourth-order valence-electron chi connectivity index (χ4n) is 3.14. The second kappa shape index (κ2) is 7.73. The van der Waals surface area contributed by atoms with Crippen molar-refractivity contribution in [2.24, 2.45) is 0 Å². The highest BCUT2D eigenvalue weighted by molar-refractivity contribution is 7.99. The van der Waals surface area contributed by atoms with Gasteiger partial charge in [0.05, 0.1) is 0 Å². The van der Waals surface area contributed by atoms with Crippen LogP contribution in [0.5, 0.6) is 0 Å². The molecule has 2 heterocycles. The highest BCUT2D eigenvalue weighted by Crippen LogP contribution is 2.21. The van der Waals surface area contributed by atoms with E-state index in [-0.39, 0.29) is 24.0 Å². The average Bonchev–Trinajstić information content (AvgIpc) is 3.06. The Morgan fingerprint density at radius 1 is 1.09 bits per heavy atom. The summed E-state index contributed by atoms with van der Waals surface area (Å²) in [4.78, 5) is 26.7. The quantitative estimate of drug-likeness (QED) is 0.894. The number of para-hydroxylation sites is 1. The lowest BCUT2D eigenvalue weighted by molar-refractivity contribution is -0.125. The molecule has 3 amide bonds. The molecule has 0 aromatic heterocycles. The molecule has 6 heteroatoms. The van der Waals surface area contributed by atoms with Crippen molar-refractivity contribution in [3.63, 3.8) is 0 Å². The van der Waals surface area contributed by atoms with Crippen molar-refractivity contribution in [2.75, 3.05) is 23.4 Å². The van der Waals surface area contributed by atoms with E-state index < -0.39 is 0 Å². The third-order valence-corrected chi connectivity index (χ3v) is 5.46. The predicted molar refractivity (Wildman–Crippen MR) is 93.7 cm³/mol. The number of urea groups is 1. The zero-order valence-electron chi connectivity index (χ0n) is 13.2. The molecule has 2 aliphatic heterocycles. The highest BCUT2D eigenvalue weighted by Gasteiger charge is 2.35. The number of carbonyl (C=O) groups is 2. The van der Waals surface area contributed by atoms with Gasteiger partial charge in [0.2, 0.25) is 5.91 Å². The van der Waals surface area contributed by atoms with Gasteiger partial charge in [-0.05, 0) is 49.3 Å². The second-order valence-electron chi connectivity index (χ2n) is 6.04. The van der Waals surface area contributed by atoms with Gasteiger partial charge in [-0.2, -0.15) is 11.8 Å². The number of hydrogen-bond donors (Lipinski definition) is 2. The molecule has 5 nitrogen and oxygen atoms in total. The first-order valence-electron chi connectivity index (χ1n) is 8.25. The summed E-state index contributed by atoms with van der Waals surface area (Å²) in [5.41, 5.74) is 0.757. The van der Waals surface area contributed by atoms with Crippen molar-refractivity contribution < 1.29 is 9.59 Å². The number of carbonyl (C=O) groups excluding carboxylic acids is 2. The molecule has 2 saturated heterocycles. The Balaban J connectivity index is 1.58. The number of benzene rings is 1. The van der Waals surface area contributed by atoms with Crippen LogP contribution in [0.4, 0.5) is 10.5 Å². The molecule has 2 aliphatic rings. The van der Waals surface area contributed by atoms with Crippen molar-refractivity contribution in [2.45, 2.75) is 37.8 Å². The molecule has 0 radical (unpaired) electrons. The molecule has 0 bridgehead atoms. The predicted octanol–water partition coefficient (Wildman–Crippen LogP) is 2.69. The number of nitrogens with one attached hydrogen (secondary N) is 2. The minimum absolute atomic E-state index is 0.00242. The van der Waals surface area contributed by atoms with Crippen LogP contribution in [0, 0.1) is 0 Å². The lowest BCUT2D eigenvalue weighted by Gasteiger charge is -2.28. The largest absolute Gasteiger partial charge is 0.352 e. The smallest absolute Gasteiger partial charge is 0.322 e. The van der Waals surface area contributed by atoms with E-state index in [0.717, 1.165) is 42.9 Å². The summed E-state index contributed by atoms with van der Waals surface area (Å²) < 4.78 is 0. The van der Waals surface area contributed by atoms with Crippen LogP contribution >= 0.6 is 11.8 Å². The number of thioether (sulfide) groups is 1. The van der Waals surface area contributed by atoms with E-state index in [1.807, 2.05) is 42.1 Å². The first-order valence-corrected chi connectivity index (χ1v) is 9.40. The van der Waals surface area contributed by atoms with Gasteiger partial charge >= 0.3 is 6.03 Å². The molecule has 0 spiro atoms. The van der Waals surface area contributed by atoms with Crippen LogP contribution in [-0.2, 0) is 4.79 Å². The van der Waals surface area contributed by atoms with Crippen LogP contribution in [0.1, 0.15) is 25.7 Å². The van der Waals surface area contributed by atoms with Gasteiger partial charge in [0.1, 0.15) is 6.04 Å². The Morgan fingerprint density at radius 2 is 1.83 bits per heavy atom. The maximum Gasteiger partial charge on any atom is 0.322 e. The van der Waals surface area contributed by atoms with Gasteiger partial charge < -0.3 is 15.5 Å². The van der Waals surface area contributed by atoms with Crippen LogP contribution in [-0.4, -0.2) is 47.0 Å². The maximum atomic E-state index is 12.5. The van der Waals surface area contributed by atoms with Crippen LogP contribution in [0.15, 0.2) is 30.3 Å². The van der Waals surface area contributed by atoms with Crippen LogP contribution in [0.2, 0.25) is 0 Å². The Bertz CT molecular complexity index is 546.